The van der Waals surface area contributed by atoms with Gasteiger partial charge in [0, 0.05) is 17.6 Å². The van der Waals surface area contributed by atoms with Gasteiger partial charge in [0.25, 0.3) is 5.56 Å². The summed E-state index contributed by atoms with van der Waals surface area (Å²) in [5.74, 6) is -0.103. The fourth-order valence-electron chi connectivity index (χ4n) is 3.39. The smallest absolute Gasteiger partial charge is 0.262 e. The summed E-state index contributed by atoms with van der Waals surface area (Å²) in [5.41, 5.74) is 3.05. The Labute approximate surface area is 165 Å². The third-order valence-electron chi connectivity index (χ3n) is 4.84. The first-order chi connectivity index (χ1) is 12.9. The molecular weight excluding hydrogens is 378 g/mol. The molecule has 3 aromatic rings. The van der Waals surface area contributed by atoms with Gasteiger partial charge < -0.3 is 5.32 Å². The highest BCUT2D eigenvalue weighted by atomic mass is 32.2. The van der Waals surface area contributed by atoms with E-state index in [9.17, 15) is 9.59 Å². The number of carbonyl (C=O) groups is 1. The summed E-state index contributed by atoms with van der Waals surface area (Å²) in [5, 5.41) is 3.92. The van der Waals surface area contributed by atoms with Crippen LogP contribution in [-0.2, 0) is 24.7 Å². The fraction of sp³-hybridized carbons (Fsp3) is 0.350. The summed E-state index contributed by atoms with van der Waals surface area (Å²) in [4.78, 5) is 32.2. The van der Waals surface area contributed by atoms with E-state index in [4.69, 9.17) is 4.98 Å². The third kappa shape index (κ3) is 3.41. The molecule has 0 saturated heterocycles. The molecule has 4 rings (SSSR count). The average Bonchev–Trinajstić information content (AvgIpc) is 3.20. The number of anilines is 1. The maximum Gasteiger partial charge on any atom is 0.262 e. The van der Waals surface area contributed by atoms with Gasteiger partial charge in [0.05, 0.1) is 10.6 Å². The molecule has 1 aliphatic carbocycles. The Morgan fingerprint density at radius 2 is 2.19 bits per heavy atom. The van der Waals surface area contributed by atoms with Gasteiger partial charge in [-0.1, -0.05) is 23.9 Å². The standard InChI is InChI=1S/C20H21N3O2S2/c1-11-6-4-7-13(10-11)21-17(24)12(2)26-20-22-18-16(19(25)23(20)3)14-8-5-9-15(14)27-18/h4,6-7,10,12H,5,8-9H2,1-3H3,(H,21,24)/t12-/m0/s1. The van der Waals surface area contributed by atoms with Crippen molar-refractivity contribution < 1.29 is 4.79 Å². The van der Waals surface area contributed by atoms with Crippen molar-refractivity contribution in [3.8, 4) is 0 Å². The molecule has 1 amide bonds. The molecule has 27 heavy (non-hydrogen) atoms. The number of amides is 1. The molecule has 0 bridgehead atoms. The zero-order chi connectivity index (χ0) is 19.1. The van der Waals surface area contributed by atoms with Gasteiger partial charge in [-0.2, -0.15) is 0 Å². The van der Waals surface area contributed by atoms with Crippen LogP contribution in [0.3, 0.4) is 0 Å². The normalized spacial score (nSPS) is 14.3. The summed E-state index contributed by atoms with van der Waals surface area (Å²) in [7, 11) is 1.74. The number of aryl methyl sites for hydroxylation is 3. The minimum absolute atomic E-state index is 0.00630. The number of rotatable bonds is 4. The van der Waals surface area contributed by atoms with Gasteiger partial charge >= 0.3 is 0 Å². The maximum atomic E-state index is 12.9. The van der Waals surface area contributed by atoms with E-state index in [-0.39, 0.29) is 16.7 Å². The van der Waals surface area contributed by atoms with E-state index in [1.165, 1.54) is 22.2 Å². The SMILES string of the molecule is Cc1cccc(NC(=O)[C@H](C)Sc2nc3sc4c(c3c(=O)n2C)CCC4)c1. The second kappa shape index (κ2) is 7.13. The van der Waals surface area contributed by atoms with E-state index in [1.807, 2.05) is 38.1 Å². The number of hydrogen-bond acceptors (Lipinski definition) is 5. The molecule has 2 heterocycles. The molecule has 0 saturated carbocycles. The van der Waals surface area contributed by atoms with E-state index >= 15 is 0 Å². The Morgan fingerprint density at radius 3 is 2.96 bits per heavy atom. The molecule has 140 valence electrons. The van der Waals surface area contributed by atoms with Crippen molar-refractivity contribution in [3.63, 3.8) is 0 Å². The van der Waals surface area contributed by atoms with Gasteiger partial charge in [0.15, 0.2) is 5.16 Å². The number of aromatic nitrogens is 2. The molecule has 5 nitrogen and oxygen atoms in total. The first kappa shape index (κ1) is 18.3. The summed E-state index contributed by atoms with van der Waals surface area (Å²) in [6.45, 7) is 3.82. The molecule has 1 aliphatic rings. The lowest BCUT2D eigenvalue weighted by Gasteiger charge is -2.14. The zero-order valence-corrected chi connectivity index (χ0v) is 17.2. The van der Waals surface area contributed by atoms with E-state index in [2.05, 4.69) is 5.32 Å². The van der Waals surface area contributed by atoms with E-state index < -0.39 is 0 Å². The lowest BCUT2D eigenvalue weighted by molar-refractivity contribution is -0.115. The second-order valence-corrected chi connectivity index (χ2v) is 9.31. The monoisotopic (exact) mass is 399 g/mol. The van der Waals surface area contributed by atoms with Gasteiger partial charge in [-0.3, -0.25) is 14.2 Å². The molecule has 0 unspecified atom stereocenters. The van der Waals surface area contributed by atoms with Gasteiger partial charge in [-0.15, -0.1) is 11.3 Å². The number of nitrogens with one attached hydrogen (secondary N) is 1. The molecule has 0 spiro atoms. The Bertz CT molecular complexity index is 1100. The van der Waals surface area contributed by atoms with Crippen LogP contribution in [0, 0.1) is 6.92 Å². The summed E-state index contributed by atoms with van der Waals surface area (Å²) in [6, 6.07) is 7.71. The van der Waals surface area contributed by atoms with Crippen molar-refractivity contribution in [2.75, 3.05) is 5.32 Å². The molecule has 0 radical (unpaired) electrons. The van der Waals surface area contributed by atoms with Crippen LogP contribution in [0.25, 0.3) is 10.2 Å². The van der Waals surface area contributed by atoms with Gasteiger partial charge in [0.2, 0.25) is 5.91 Å². The van der Waals surface area contributed by atoms with Crippen LogP contribution in [0.1, 0.15) is 29.3 Å². The molecular formula is C20H21N3O2S2. The molecule has 0 aliphatic heterocycles. The van der Waals surface area contributed by atoms with Crippen molar-refractivity contribution in [1.82, 2.24) is 9.55 Å². The number of carbonyl (C=O) groups excluding carboxylic acids is 1. The van der Waals surface area contributed by atoms with Crippen molar-refractivity contribution in [2.45, 2.75) is 43.5 Å². The first-order valence-corrected chi connectivity index (χ1v) is 10.7. The highest BCUT2D eigenvalue weighted by Crippen LogP contribution is 2.35. The minimum atomic E-state index is -0.368. The Hall–Kier alpha value is -2.12. The van der Waals surface area contributed by atoms with Crippen LogP contribution in [0.2, 0.25) is 0 Å². The van der Waals surface area contributed by atoms with Crippen LogP contribution in [-0.4, -0.2) is 20.7 Å². The summed E-state index contributed by atoms with van der Waals surface area (Å²) >= 11 is 2.94. The van der Waals surface area contributed by atoms with Gasteiger partial charge in [-0.25, -0.2) is 4.98 Å². The second-order valence-electron chi connectivity index (χ2n) is 6.91. The topological polar surface area (TPSA) is 64.0 Å². The Kier molecular flexibility index (Phi) is 4.82. The number of hydrogen-bond donors (Lipinski definition) is 1. The Morgan fingerprint density at radius 1 is 1.37 bits per heavy atom. The molecule has 2 aromatic heterocycles. The number of fused-ring (bicyclic) bond motifs is 3. The van der Waals surface area contributed by atoms with Crippen LogP contribution in [0.15, 0.2) is 34.2 Å². The highest BCUT2D eigenvalue weighted by Gasteiger charge is 2.24. The predicted octanol–water partition coefficient (Wildman–Crippen LogP) is 3.91. The molecule has 7 heteroatoms. The zero-order valence-electron chi connectivity index (χ0n) is 15.5. The van der Waals surface area contributed by atoms with E-state index in [0.717, 1.165) is 40.7 Å². The van der Waals surface area contributed by atoms with Crippen LogP contribution in [0.4, 0.5) is 5.69 Å². The van der Waals surface area contributed by atoms with Gasteiger partial charge in [-0.05, 0) is 56.4 Å². The molecule has 1 aromatic carbocycles. The number of benzene rings is 1. The third-order valence-corrected chi connectivity index (χ3v) is 7.17. The lowest BCUT2D eigenvalue weighted by atomic mass is 10.2. The average molecular weight is 400 g/mol. The van der Waals surface area contributed by atoms with Crippen molar-refractivity contribution in [3.05, 3.63) is 50.6 Å². The quantitative estimate of drug-likeness (QED) is 0.534. The Balaban J connectivity index is 1.58. The summed E-state index contributed by atoms with van der Waals surface area (Å²) in [6.07, 6.45) is 3.12. The predicted molar refractivity (Wildman–Crippen MR) is 112 cm³/mol. The van der Waals surface area contributed by atoms with Crippen LogP contribution >= 0.6 is 23.1 Å². The molecule has 1 atom stereocenters. The van der Waals surface area contributed by atoms with E-state index in [1.54, 1.807) is 23.0 Å². The molecule has 0 fully saturated rings. The fourth-order valence-corrected chi connectivity index (χ4v) is 5.57. The molecule has 1 N–H and O–H groups in total. The van der Waals surface area contributed by atoms with Crippen molar-refractivity contribution in [2.24, 2.45) is 7.05 Å². The first-order valence-electron chi connectivity index (χ1n) is 8.99. The van der Waals surface area contributed by atoms with Crippen LogP contribution in [0.5, 0.6) is 0 Å². The van der Waals surface area contributed by atoms with Crippen molar-refractivity contribution >= 4 is 44.9 Å². The maximum absolute atomic E-state index is 12.9. The van der Waals surface area contributed by atoms with Gasteiger partial charge in [0.1, 0.15) is 4.83 Å². The largest absolute Gasteiger partial charge is 0.325 e. The lowest BCUT2D eigenvalue weighted by Crippen LogP contribution is -2.25. The number of thioether (sulfide) groups is 1. The number of nitrogens with zero attached hydrogens (tertiary/aromatic N) is 2. The van der Waals surface area contributed by atoms with Crippen LogP contribution < -0.4 is 10.9 Å². The summed E-state index contributed by atoms with van der Waals surface area (Å²) < 4.78 is 1.58. The highest BCUT2D eigenvalue weighted by molar-refractivity contribution is 8.00. The minimum Gasteiger partial charge on any atom is -0.325 e. The number of thiophene rings is 1. The van der Waals surface area contributed by atoms with Crippen molar-refractivity contribution in [1.29, 1.82) is 0 Å². The van der Waals surface area contributed by atoms with E-state index in [0.29, 0.717) is 5.16 Å².